The van der Waals surface area contributed by atoms with E-state index in [1.54, 1.807) is 30.3 Å². The third kappa shape index (κ3) is 5.76. The number of nitrogens with one attached hydrogen (secondary N) is 2. The Hall–Kier alpha value is -3.26. The number of amides is 2. The first-order valence-electron chi connectivity index (χ1n) is 9.85. The maximum absolute atomic E-state index is 12.7. The Bertz CT molecular complexity index is 1370. The lowest BCUT2D eigenvalue weighted by Crippen LogP contribution is -2.17. The number of hydrazone groups is 1. The van der Waals surface area contributed by atoms with Crippen LogP contribution in [0.2, 0.25) is 5.02 Å². The molecule has 2 N–H and O–H groups in total. The average molecular weight is 539 g/mol. The second-order valence-electron chi connectivity index (χ2n) is 6.91. The number of carbonyl (C=O) groups is 2. The van der Waals surface area contributed by atoms with Crippen LogP contribution < -0.4 is 10.7 Å². The van der Waals surface area contributed by atoms with Crippen molar-refractivity contribution in [2.24, 2.45) is 5.10 Å². The van der Waals surface area contributed by atoms with Gasteiger partial charge in [-0.15, -0.1) is 11.3 Å². The fraction of sp³-hybridized carbons (Fsp3) is 0. The first kappa shape index (κ1) is 22.9. The minimum Gasteiger partial charge on any atom is -0.321 e. The van der Waals surface area contributed by atoms with E-state index in [0.717, 1.165) is 20.1 Å². The Balaban J connectivity index is 1.35. The van der Waals surface area contributed by atoms with Gasteiger partial charge in [-0.25, -0.2) is 5.43 Å². The van der Waals surface area contributed by atoms with Crippen molar-refractivity contribution >= 4 is 78.7 Å². The maximum atomic E-state index is 12.7. The highest BCUT2D eigenvalue weighted by atomic mass is 79.9. The van der Waals surface area contributed by atoms with Gasteiger partial charge in [0.1, 0.15) is 4.88 Å². The van der Waals surface area contributed by atoms with E-state index in [1.165, 1.54) is 17.6 Å². The van der Waals surface area contributed by atoms with Gasteiger partial charge in [0.15, 0.2) is 0 Å². The van der Waals surface area contributed by atoms with Crippen LogP contribution in [0.5, 0.6) is 0 Å². The zero-order valence-electron chi connectivity index (χ0n) is 17.1. The fourth-order valence-corrected chi connectivity index (χ4v) is 4.96. The van der Waals surface area contributed by atoms with E-state index in [1.807, 2.05) is 54.6 Å². The number of hydrogen-bond acceptors (Lipinski definition) is 4. The molecule has 0 fully saturated rings. The summed E-state index contributed by atoms with van der Waals surface area (Å²) in [5.74, 6) is -0.653. The highest BCUT2D eigenvalue weighted by Gasteiger charge is 2.17. The topological polar surface area (TPSA) is 70.6 Å². The molecule has 0 unspecified atom stereocenters. The van der Waals surface area contributed by atoms with E-state index >= 15 is 0 Å². The molecule has 2 amide bonds. The van der Waals surface area contributed by atoms with E-state index in [9.17, 15) is 9.59 Å². The molecule has 0 saturated heterocycles. The van der Waals surface area contributed by atoms with Crippen molar-refractivity contribution in [1.82, 2.24) is 5.43 Å². The lowest BCUT2D eigenvalue weighted by Gasteiger charge is -2.05. The molecule has 8 heteroatoms. The van der Waals surface area contributed by atoms with Crippen molar-refractivity contribution in [2.45, 2.75) is 0 Å². The summed E-state index contributed by atoms with van der Waals surface area (Å²) in [6.07, 6.45) is 5.13. The molecule has 0 bridgehead atoms. The quantitative estimate of drug-likeness (QED) is 0.205. The number of hydrogen-bond donors (Lipinski definition) is 2. The molecule has 1 aromatic heterocycles. The van der Waals surface area contributed by atoms with Crippen LogP contribution >= 0.6 is 38.9 Å². The van der Waals surface area contributed by atoms with Crippen LogP contribution in [0.4, 0.5) is 5.69 Å². The average Bonchev–Trinajstić information content (AvgIpc) is 3.15. The van der Waals surface area contributed by atoms with Gasteiger partial charge in [0.25, 0.3) is 11.8 Å². The van der Waals surface area contributed by atoms with Crippen LogP contribution in [0.1, 0.15) is 25.6 Å². The number of carbonyl (C=O) groups excluding carboxylic acids is 2. The number of thiophene rings is 1. The van der Waals surface area contributed by atoms with Gasteiger partial charge < -0.3 is 5.32 Å². The molecule has 4 rings (SSSR count). The van der Waals surface area contributed by atoms with Gasteiger partial charge in [-0.3, -0.25) is 9.59 Å². The van der Waals surface area contributed by atoms with Crippen molar-refractivity contribution in [3.05, 3.63) is 104 Å². The van der Waals surface area contributed by atoms with Crippen LogP contribution in [-0.4, -0.2) is 18.0 Å². The van der Waals surface area contributed by atoms with Crippen LogP contribution in [0.15, 0.2) is 88.4 Å². The molecule has 0 aliphatic heterocycles. The Morgan fingerprint density at radius 3 is 2.48 bits per heavy atom. The van der Waals surface area contributed by atoms with Crippen molar-refractivity contribution < 1.29 is 9.59 Å². The van der Waals surface area contributed by atoms with Gasteiger partial charge in [-0.05, 0) is 48.0 Å². The van der Waals surface area contributed by atoms with Crippen molar-refractivity contribution in [3.63, 3.8) is 0 Å². The summed E-state index contributed by atoms with van der Waals surface area (Å²) in [6.45, 7) is 0. The SMILES string of the molecule is O=C(N/N=C\C=C\c1ccccc1)c1ccc(NC(=O)c2sc3cc(Br)ccc3c2Cl)cc1. The largest absolute Gasteiger partial charge is 0.321 e. The Kier molecular flexibility index (Phi) is 7.34. The molecule has 3 aromatic carbocycles. The van der Waals surface area contributed by atoms with Crippen molar-refractivity contribution in [3.8, 4) is 0 Å². The first-order valence-corrected chi connectivity index (χ1v) is 11.8. The molecule has 164 valence electrons. The zero-order valence-corrected chi connectivity index (χ0v) is 20.2. The second-order valence-corrected chi connectivity index (χ2v) is 9.25. The minimum absolute atomic E-state index is 0.302. The fourth-order valence-electron chi connectivity index (χ4n) is 3.00. The van der Waals surface area contributed by atoms with Gasteiger partial charge in [0.05, 0.1) is 5.02 Å². The van der Waals surface area contributed by atoms with Crippen LogP contribution in [-0.2, 0) is 0 Å². The van der Waals surface area contributed by atoms with Gasteiger partial charge in [0, 0.05) is 32.0 Å². The number of fused-ring (bicyclic) bond motifs is 1. The molecule has 0 spiro atoms. The van der Waals surface area contributed by atoms with Crippen molar-refractivity contribution in [1.29, 1.82) is 0 Å². The Morgan fingerprint density at radius 1 is 0.970 bits per heavy atom. The number of halogens is 2. The smallest absolute Gasteiger partial charge is 0.271 e. The third-order valence-electron chi connectivity index (χ3n) is 4.62. The maximum Gasteiger partial charge on any atom is 0.271 e. The molecule has 5 nitrogen and oxygen atoms in total. The summed E-state index contributed by atoms with van der Waals surface area (Å²) >= 11 is 11.2. The van der Waals surface area contributed by atoms with Gasteiger partial charge in [-0.1, -0.05) is 70.0 Å². The summed E-state index contributed by atoms with van der Waals surface area (Å²) in [4.78, 5) is 25.4. The predicted octanol–water partition coefficient (Wildman–Crippen LogP) is 7.00. The summed E-state index contributed by atoms with van der Waals surface area (Å²) in [6, 6.07) is 22.0. The molecule has 33 heavy (non-hydrogen) atoms. The number of anilines is 1. The molecule has 0 aliphatic carbocycles. The zero-order chi connectivity index (χ0) is 23.2. The van der Waals surface area contributed by atoms with Gasteiger partial charge >= 0.3 is 0 Å². The van der Waals surface area contributed by atoms with E-state index in [0.29, 0.717) is 21.2 Å². The monoisotopic (exact) mass is 537 g/mol. The highest BCUT2D eigenvalue weighted by molar-refractivity contribution is 9.10. The Morgan fingerprint density at radius 2 is 1.73 bits per heavy atom. The summed E-state index contributed by atoms with van der Waals surface area (Å²) in [5, 5.41) is 7.99. The molecule has 4 aromatic rings. The molecule has 0 saturated carbocycles. The predicted molar refractivity (Wildman–Crippen MR) is 140 cm³/mol. The van der Waals surface area contributed by atoms with Crippen LogP contribution in [0.25, 0.3) is 16.2 Å². The van der Waals surface area contributed by atoms with E-state index < -0.39 is 0 Å². The first-order chi connectivity index (χ1) is 16.0. The summed E-state index contributed by atoms with van der Waals surface area (Å²) in [7, 11) is 0. The lowest BCUT2D eigenvalue weighted by atomic mass is 10.2. The van der Waals surface area contributed by atoms with Crippen molar-refractivity contribution in [2.75, 3.05) is 5.32 Å². The number of benzene rings is 3. The molecule has 1 heterocycles. The standard InChI is InChI=1S/C25H17BrClN3O2S/c26-18-10-13-20-21(15-18)33-23(22(20)27)25(32)29-19-11-8-17(9-12-19)24(31)30-28-14-4-7-16-5-2-1-3-6-16/h1-15H,(H,29,32)(H,30,31)/b7-4+,28-14-. The van der Waals surface area contributed by atoms with Crippen LogP contribution in [0.3, 0.4) is 0 Å². The van der Waals surface area contributed by atoms with Crippen LogP contribution in [0, 0.1) is 0 Å². The number of rotatable bonds is 6. The van der Waals surface area contributed by atoms with Gasteiger partial charge in [0.2, 0.25) is 0 Å². The lowest BCUT2D eigenvalue weighted by molar-refractivity contribution is 0.0954. The third-order valence-corrected chi connectivity index (χ3v) is 6.77. The van der Waals surface area contributed by atoms with Gasteiger partial charge in [-0.2, -0.15) is 5.10 Å². The molecular formula is C25H17BrClN3O2S. The molecule has 0 aliphatic rings. The normalized spacial score (nSPS) is 11.3. The highest BCUT2D eigenvalue weighted by Crippen LogP contribution is 2.37. The Labute approximate surface area is 207 Å². The molecule has 0 radical (unpaired) electrons. The summed E-state index contributed by atoms with van der Waals surface area (Å²) in [5.41, 5.74) is 4.48. The minimum atomic E-state index is -0.352. The van der Waals surface area contributed by atoms with E-state index in [-0.39, 0.29) is 11.8 Å². The summed E-state index contributed by atoms with van der Waals surface area (Å²) < 4.78 is 1.84. The number of allylic oxidation sites excluding steroid dienone is 1. The second kappa shape index (κ2) is 10.6. The number of nitrogens with zero attached hydrogens (tertiary/aromatic N) is 1. The van der Waals surface area contributed by atoms with E-state index in [4.69, 9.17) is 11.6 Å². The van der Waals surface area contributed by atoms with E-state index in [2.05, 4.69) is 31.8 Å². The molecular weight excluding hydrogens is 522 g/mol. The molecule has 0 atom stereocenters.